The van der Waals surface area contributed by atoms with E-state index in [-0.39, 0.29) is 5.52 Å². The van der Waals surface area contributed by atoms with Crippen molar-refractivity contribution in [2.75, 3.05) is 11.0 Å². The van der Waals surface area contributed by atoms with Gasteiger partial charge in [-0.05, 0) is 35.4 Å². The molecule has 3 aromatic rings. The van der Waals surface area contributed by atoms with E-state index in [0.717, 1.165) is 18.4 Å². The van der Waals surface area contributed by atoms with Gasteiger partial charge in [-0.1, -0.05) is 12.1 Å². The van der Waals surface area contributed by atoms with E-state index in [1.54, 1.807) is 12.1 Å². The molecule has 9 heteroatoms. The number of sulfonamides is 1. The molecule has 0 aliphatic heterocycles. The second-order valence-electron chi connectivity index (χ2n) is 5.30. The number of aromatic nitrogens is 2. The molecule has 0 saturated carbocycles. The Kier molecular flexibility index (Phi) is 3.75. The van der Waals surface area contributed by atoms with E-state index in [1.165, 1.54) is 18.3 Å². The third-order valence-electron chi connectivity index (χ3n) is 3.39. The summed E-state index contributed by atoms with van der Waals surface area (Å²) < 4.78 is 63.9. The van der Waals surface area contributed by atoms with Crippen LogP contribution in [0.5, 0.6) is 0 Å². The summed E-state index contributed by atoms with van der Waals surface area (Å²) in [5.41, 5.74) is 0.702. The number of hydrogen-bond donors (Lipinski definition) is 2. The molecule has 0 aliphatic rings. The lowest BCUT2D eigenvalue weighted by atomic mass is 9.99. The van der Waals surface area contributed by atoms with E-state index in [4.69, 9.17) is 0 Å². The molecule has 0 aliphatic carbocycles. The fourth-order valence-corrected chi connectivity index (χ4v) is 2.95. The zero-order valence-electron chi connectivity index (χ0n) is 12.3. The van der Waals surface area contributed by atoms with Gasteiger partial charge in [-0.3, -0.25) is 9.82 Å². The molecular weight excluding hydrogens is 343 g/mol. The van der Waals surface area contributed by atoms with E-state index in [1.807, 2.05) is 0 Å². The molecular formula is C15H12F3N3O2S. The normalized spacial score (nSPS) is 12.5. The number of benzene rings is 2. The van der Waals surface area contributed by atoms with Crippen molar-refractivity contribution < 1.29 is 21.6 Å². The number of nitrogens with one attached hydrogen (secondary N) is 2. The van der Waals surface area contributed by atoms with Crippen LogP contribution < -0.4 is 4.72 Å². The standard InChI is InChI=1S/C15H12F3N3O2S/c1-24(22,23)21-11-4-2-9(3-5-11)12-6-10(15(16,17)18)7-14-13(12)8-19-20-14/h2-8,21H,1H3,(H,19,20). The minimum Gasteiger partial charge on any atom is -0.284 e. The number of alkyl halides is 3. The van der Waals surface area contributed by atoms with Crippen LogP contribution in [0, 0.1) is 0 Å². The van der Waals surface area contributed by atoms with Crippen molar-refractivity contribution in [2.45, 2.75) is 6.18 Å². The van der Waals surface area contributed by atoms with Crippen LogP contribution in [-0.4, -0.2) is 24.9 Å². The van der Waals surface area contributed by atoms with Gasteiger partial charge in [-0.15, -0.1) is 0 Å². The summed E-state index contributed by atoms with van der Waals surface area (Å²) in [6, 6.07) is 8.14. The van der Waals surface area contributed by atoms with Crippen LogP contribution in [0.2, 0.25) is 0 Å². The van der Waals surface area contributed by atoms with Crippen molar-refractivity contribution in [3.8, 4) is 11.1 Å². The zero-order chi connectivity index (χ0) is 17.5. The number of fused-ring (bicyclic) bond motifs is 1. The molecule has 0 bridgehead atoms. The Labute approximate surface area is 135 Å². The number of anilines is 1. The van der Waals surface area contributed by atoms with Gasteiger partial charge < -0.3 is 0 Å². The van der Waals surface area contributed by atoms with E-state index < -0.39 is 21.8 Å². The van der Waals surface area contributed by atoms with Crippen LogP contribution in [0.15, 0.2) is 42.6 Å². The molecule has 0 amide bonds. The van der Waals surface area contributed by atoms with Crippen molar-refractivity contribution >= 4 is 26.6 Å². The van der Waals surface area contributed by atoms with Gasteiger partial charge in [0.1, 0.15) is 0 Å². The summed E-state index contributed by atoms with van der Waals surface area (Å²) >= 11 is 0. The third-order valence-corrected chi connectivity index (χ3v) is 3.99. The lowest BCUT2D eigenvalue weighted by Gasteiger charge is -2.11. The van der Waals surface area contributed by atoms with Gasteiger partial charge in [0.05, 0.1) is 23.5 Å². The van der Waals surface area contributed by atoms with Crippen LogP contribution in [0.1, 0.15) is 5.56 Å². The maximum absolute atomic E-state index is 13.1. The smallest absolute Gasteiger partial charge is 0.284 e. The predicted octanol–water partition coefficient (Wildman–Crippen LogP) is 3.62. The average Bonchev–Trinajstić information content (AvgIpc) is 2.93. The molecule has 126 valence electrons. The quantitative estimate of drug-likeness (QED) is 0.753. The van der Waals surface area contributed by atoms with Gasteiger partial charge in [-0.2, -0.15) is 18.3 Å². The molecule has 0 atom stereocenters. The van der Waals surface area contributed by atoms with Crippen molar-refractivity contribution in [1.82, 2.24) is 10.2 Å². The Morgan fingerprint density at radius 3 is 2.38 bits per heavy atom. The van der Waals surface area contributed by atoms with Crippen LogP contribution >= 0.6 is 0 Å². The molecule has 0 spiro atoms. The number of halogens is 3. The largest absolute Gasteiger partial charge is 0.416 e. The molecule has 1 aromatic heterocycles. The van der Waals surface area contributed by atoms with Crippen molar-refractivity contribution in [3.05, 3.63) is 48.2 Å². The predicted molar refractivity (Wildman–Crippen MR) is 85.0 cm³/mol. The summed E-state index contributed by atoms with van der Waals surface area (Å²) in [5, 5.41) is 6.88. The maximum atomic E-state index is 13.1. The van der Waals surface area contributed by atoms with Crippen molar-refractivity contribution in [3.63, 3.8) is 0 Å². The fourth-order valence-electron chi connectivity index (χ4n) is 2.39. The maximum Gasteiger partial charge on any atom is 0.416 e. The van der Waals surface area contributed by atoms with Gasteiger partial charge in [0.25, 0.3) is 0 Å². The Bertz CT molecular complexity index is 993. The second-order valence-corrected chi connectivity index (χ2v) is 7.05. The van der Waals surface area contributed by atoms with Gasteiger partial charge >= 0.3 is 6.18 Å². The molecule has 0 unspecified atom stereocenters. The topological polar surface area (TPSA) is 74.8 Å². The lowest BCUT2D eigenvalue weighted by molar-refractivity contribution is -0.137. The molecule has 2 N–H and O–H groups in total. The highest BCUT2D eigenvalue weighted by atomic mass is 32.2. The van der Waals surface area contributed by atoms with Gasteiger partial charge in [0, 0.05) is 11.1 Å². The number of nitrogens with zero attached hydrogens (tertiary/aromatic N) is 1. The first-order valence-corrected chi connectivity index (χ1v) is 8.65. The highest BCUT2D eigenvalue weighted by Gasteiger charge is 2.31. The molecule has 5 nitrogen and oxygen atoms in total. The fraction of sp³-hybridized carbons (Fsp3) is 0.133. The van der Waals surface area contributed by atoms with Gasteiger partial charge in [0.2, 0.25) is 10.0 Å². The Balaban J connectivity index is 2.10. The van der Waals surface area contributed by atoms with Gasteiger partial charge in [0.15, 0.2) is 0 Å². The number of H-pyrrole nitrogens is 1. The number of hydrogen-bond acceptors (Lipinski definition) is 3. The van der Waals surface area contributed by atoms with Gasteiger partial charge in [-0.25, -0.2) is 8.42 Å². The molecule has 24 heavy (non-hydrogen) atoms. The van der Waals surface area contributed by atoms with Crippen LogP contribution in [-0.2, 0) is 16.2 Å². The van der Waals surface area contributed by atoms with Crippen molar-refractivity contribution in [1.29, 1.82) is 0 Å². The number of rotatable bonds is 3. The SMILES string of the molecule is CS(=O)(=O)Nc1ccc(-c2cc(C(F)(F)F)cc3[nH]ncc23)cc1. The Morgan fingerprint density at radius 1 is 1.12 bits per heavy atom. The first-order chi connectivity index (χ1) is 11.1. The lowest BCUT2D eigenvalue weighted by Crippen LogP contribution is -2.09. The molecule has 2 aromatic carbocycles. The minimum atomic E-state index is -4.48. The molecule has 0 fully saturated rings. The Morgan fingerprint density at radius 2 is 1.79 bits per heavy atom. The summed E-state index contributed by atoms with van der Waals surface area (Å²) in [7, 11) is -3.42. The Hall–Kier alpha value is -2.55. The number of aromatic amines is 1. The van der Waals surface area contributed by atoms with E-state index in [9.17, 15) is 21.6 Å². The summed E-state index contributed by atoms with van der Waals surface area (Å²) in [6.07, 6.45) is -2.01. The third kappa shape index (κ3) is 3.35. The van der Waals surface area contributed by atoms with E-state index in [2.05, 4.69) is 14.9 Å². The first kappa shape index (κ1) is 16.3. The van der Waals surface area contributed by atoms with Crippen LogP contribution in [0.3, 0.4) is 0 Å². The summed E-state index contributed by atoms with van der Waals surface area (Å²) in [6.45, 7) is 0. The molecule has 0 radical (unpaired) electrons. The van der Waals surface area contributed by atoms with E-state index >= 15 is 0 Å². The second kappa shape index (κ2) is 5.52. The molecule has 3 rings (SSSR count). The first-order valence-electron chi connectivity index (χ1n) is 6.76. The van der Waals surface area contributed by atoms with Crippen LogP contribution in [0.25, 0.3) is 22.0 Å². The minimum absolute atomic E-state index is 0.276. The monoisotopic (exact) mass is 355 g/mol. The van der Waals surface area contributed by atoms with Crippen LogP contribution in [0.4, 0.5) is 18.9 Å². The molecule has 0 saturated heterocycles. The highest BCUT2D eigenvalue weighted by Crippen LogP contribution is 2.36. The van der Waals surface area contributed by atoms with E-state index in [0.29, 0.717) is 22.2 Å². The zero-order valence-corrected chi connectivity index (χ0v) is 13.2. The molecule has 1 heterocycles. The van der Waals surface area contributed by atoms with Crippen molar-refractivity contribution in [2.24, 2.45) is 0 Å². The highest BCUT2D eigenvalue weighted by molar-refractivity contribution is 7.92. The summed E-state index contributed by atoms with van der Waals surface area (Å²) in [4.78, 5) is 0. The average molecular weight is 355 g/mol. The summed E-state index contributed by atoms with van der Waals surface area (Å²) in [5.74, 6) is 0.